The Morgan fingerprint density at radius 1 is 1.08 bits per heavy atom. The number of nitrogens with one attached hydrogen (secondary N) is 1. The van der Waals surface area contributed by atoms with Gasteiger partial charge >= 0.3 is 0 Å². The molecule has 2 amide bonds. The molecule has 1 aromatic carbocycles. The fourth-order valence-electron chi connectivity index (χ4n) is 2.82. The van der Waals surface area contributed by atoms with E-state index in [4.69, 9.17) is 0 Å². The number of likely N-dealkylation sites (tertiary alicyclic amines) is 1. The minimum Gasteiger partial charge on any atom is -0.507 e. The van der Waals surface area contributed by atoms with Crippen molar-refractivity contribution in [1.29, 1.82) is 0 Å². The zero-order valence-electron chi connectivity index (χ0n) is 13.2. The average molecular weight is 325 g/mol. The number of hydrogen-bond donors (Lipinski definition) is 2. The van der Waals surface area contributed by atoms with Crippen LogP contribution in [-0.4, -0.2) is 45.9 Å². The predicted octanol–water partition coefficient (Wildman–Crippen LogP) is 1.82. The molecule has 1 aliphatic heterocycles. The number of carbonyl (C=O) groups is 2. The lowest BCUT2D eigenvalue weighted by Gasteiger charge is -2.32. The van der Waals surface area contributed by atoms with Crippen LogP contribution in [-0.2, 0) is 0 Å². The highest BCUT2D eigenvalue weighted by Gasteiger charge is 2.25. The number of aromatic nitrogens is 1. The van der Waals surface area contributed by atoms with Gasteiger partial charge in [-0.25, -0.2) is 0 Å². The van der Waals surface area contributed by atoms with Crippen LogP contribution in [0.1, 0.15) is 33.6 Å². The normalized spacial score (nSPS) is 15.1. The molecule has 0 saturated carbocycles. The van der Waals surface area contributed by atoms with Gasteiger partial charge in [-0.3, -0.25) is 14.6 Å². The molecular formula is C18H19N3O3. The molecule has 0 spiro atoms. The number of amides is 2. The molecule has 3 rings (SSSR count). The third-order valence-corrected chi connectivity index (χ3v) is 4.19. The Morgan fingerprint density at radius 2 is 1.75 bits per heavy atom. The van der Waals surface area contributed by atoms with E-state index in [2.05, 4.69) is 10.3 Å². The summed E-state index contributed by atoms with van der Waals surface area (Å²) in [4.78, 5) is 30.2. The van der Waals surface area contributed by atoms with Crippen molar-refractivity contribution in [3.05, 3.63) is 59.9 Å². The molecule has 1 saturated heterocycles. The fraction of sp³-hybridized carbons (Fsp3) is 0.278. The summed E-state index contributed by atoms with van der Waals surface area (Å²) in [6, 6.07) is 9.93. The van der Waals surface area contributed by atoms with Crippen LogP contribution in [0, 0.1) is 0 Å². The molecule has 0 aliphatic carbocycles. The van der Waals surface area contributed by atoms with Crippen LogP contribution < -0.4 is 5.32 Å². The number of rotatable bonds is 3. The Hall–Kier alpha value is -2.89. The van der Waals surface area contributed by atoms with E-state index >= 15 is 0 Å². The van der Waals surface area contributed by atoms with Crippen LogP contribution in [0.3, 0.4) is 0 Å². The summed E-state index contributed by atoms with van der Waals surface area (Å²) in [5, 5.41) is 12.8. The maximum atomic E-state index is 12.4. The lowest BCUT2D eigenvalue weighted by atomic mass is 10.0. The van der Waals surface area contributed by atoms with E-state index in [1.54, 1.807) is 47.6 Å². The highest BCUT2D eigenvalue weighted by molar-refractivity contribution is 5.97. The first kappa shape index (κ1) is 16.0. The summed E-state index contributed by atoms with van der Waals surface area (Å²) < 4.78 is 0. The van der Waals surface area contributed by atoms with Crippen molar-refractivity contribution in [2.24, 2.45) is 0 Å². The number of para-hydroxylation sites is 1. The summed E-state index contributed by atoms with van der Waals surface area (Å²) in [7, 11) is 0. The average Bonchev–Trinajstić information content (AvgIpc) is 2.63. The molecule has 1 aliphatic rings. The number of benzene rings is 1. The summed E-state index contributed by atoms with van der Waals surface area (Å²) in [6.45, 7) is 1.10. The van der Waals surface area contributed by atoms with E-state index in [-0.39, 0.29) is 23.6 Å². The highest BCUT2D eigenvalue weighted by Crippen LogP contribution is 2.20. The predicted molar refractivity (Wildman–Crippen MR) is 88.7 cm³/mol. The number of nitrogens with zero attached hydrogens (tertiary/aromatic N) is 2. The van der Waals surface area contributed by atoms with Crippen molar-refractivity contribution in [3.8, 4) is 5.75 Å². The molecule has 0 bridgehead atoms. The maximum absolute atomic E-state index is 12.4. The number of hydrogen-bond acceptors (Lipinski definition) is 4. The number of piperidine rings is 1. The first-order valence-corrected chi connectivity index (χ1v) is 7.93. The van der Waals surface area contributed by atoms with Crippen LogP contribution in [0.15, 0.2) is 48.8 Å². The Kier molecular flexibility index (Phi) is 4.74. The van der Waals surface area contributed by atoms with E-state index in [1.807, 2.05) is 0 Å². The molecule has 24 heavy (non-hydrogen) atoms. The van der Waals surface area contributed by atoms with Crippen LogP contribution in [0.4, 0.5) is 0 Å². The lowest BCUT2D eigenvalue weighted by Crippen LogP contribution is -2.46. The minimum atomic E-state index is -0.174. The summed E-state index contributed by atoms with van der Waals surface area (Å²) in [5.74, 6) is -0.300. The van der Waals surface area contributed by atoms with Gasteiger partial charge in [-0.15, -0.1) is 0 Å². The summed E-state index contributed by atoms with van der Waals surface area (Å²) in [6.07, 6.45) is 4.55. The second-order valence-electron chi connectivity index (χ2n) is 5.79. The smallest absolute Gasteiger partial charge is 0.257 e. The molecule has 0 unspecified atom stereocenters. The number of aromatic hydroxyl groups is 1. The van der Waals surface area contributed by atoms with Crippen molar-refractivity contribution >= 4 is 11.8 Å². The van der Waals surface area contributed by atoms with Crippen LogP contribution in [0.5, 0.6) is 5.75 Å². The summed E-state index contributed by atoms with van der Waals surface area (Å²) >= 11 is 0. The van der Waals surface area contributed by atoms with Gasteiger partial charge in [0, 0.05) is 37.1 Å². The van der Waals surface area contributed by atoms with Gasteiger partial charge < -0.3 is 15.3 Å². The topological polar surface area (TPSA) is 82.5 Å². The molecule has 2 heterocycles. The van der Waals surface area contributed by atoms with E-state index < -0.39 is 0 Å². The molecule has 2 aromatic rings. The molecular weight excluding hydrogens is 306 g/mol. The van der Waals surface area contributed by atoms with E-state index in [1.165, 1.54) is 6.07 Å². The lowest BCUT2D eigenvalue weighted by molar-refractivity contribution is 0.0695. The number of phenolic OH excluding ortho intramolecular Hbond substituents is 1. The molecule has 1 fully saturated rings. The van der Waals surface area contributed by atoms with Gasteiger partial charge in [0.2, 0.25) is 0 Å². The number of carbonyl (C=O) groups excluding carboxylic acids is 2. The molecule has 6 nitrogen and oxygen atoms in total. The van der Waals surface area contributed by atoms with Crippen molar-refractivity contribution in [3.63, 3.8) is 0 Å². The zero-order chi connectivity index (χ0) is 16.9. The van der Waals surface area contributed by atoms with Crippen LogP contribution in [0.25, 0.3) is 0 Å². The van der Waals surface area contributed by atoms with Gasteiger partial charge in [0.25, 0.3) is 11.8 Å². The third-order valence-electron chi connectivity index (χ3n) is 4.19. The van der Waals surface area contributed by atoms with Crippen molar-refractivity contribution in [1.82, 2.24) is 15.2 Å². The molecule has 2 N–H and O–H groups in total. The molecule has 0 radical (unpaired) electrons. The quantitative estimate of drug-likeness (QED) is 0.902. The second kappa shape index (κ2) is 7.12. The third kappa shape index (κ3) is 3.53. The van der Waals surface area contributed by atoms with Crippen molar-refractivity contribution in [2.45, 2.75) is 18.9 Å². The van der Waals surface area contributed by atoms with Gasteiger partial charge in [-0.1, -0.05) is 12.1 Å². The Bertz CT molecular complexity index is 725. The maximum Gasteiger partial charge on any atom is 0.257 e. The Labute approximate surface area is 140 Å². The van der Waals surface area contributed by atoms with E-state index in [9.17, 15) is 14.7 Å². The van der Waals surface area contributed by atoms with Crippen LogP contribution >= 0.6 is 0 Å². The zero-order valence-corrected chi connectivity index (χ0v) is 13.2. The molecule has 124 valence electrons. The van der Waals surface area contributed by atoms with Gasteiger partial charge in [-0.05, 0) is 37.1 Å². The van der Waals surface area contributed by atoms with Crippen molar-refractivity contribution < 1.29 is 14.7 Å². The van der Waals surface area contributed by atoms with Gasteiger partial charge in [0.1, 0.15) is 5.75 Å². The largest absolute Gasteiger partial charge is 0.507 e. The van der Waals surface area contributed by atoms with E-state index in [0.717, 1.165) is 0 Å². The van der Waals surface area contributed by atoms with Gasteiger partial charge in [-0.2, -0.15) is 0 Å². The van der Waals surface area contributed by atoms with Gasteiger partial charge in [0.15, 0.2) is 0 Å². The SMILES string of the molecule is O=C(NC1CCN(C(=O)c2ccccc2O)CC1)c1ccncc1. The monoisotopic (exact) mass is 325 g/mol. The molecule has 1 aromatic heterocycles. The van der Waals surface area contributed by atoms with Crippen LogP contribution in [0.2, 0.25) is 0 Å². The Morgan fingerprint density at radius 3 is 2.42 bits per heavy atom. The standard InChI is InChI=1S/C18H19N3O3/c22-16-4-2-1-3-15(16)18(24)21-11-7-14(8-12-21)20-17(23)13-5-9-19-10-6-13/h1-6,9-10,14,22H,7-8,11-12H2,(H,20,23). The van der Waals surface area contributed by atoms with Crippen molar-refractivity contribution in [2.75, 3.05) is 13.1 Å². The minimum absolute atomic E-state index is 0.00406. The summed E-state index contributed by atoms with van der Waals surface area (Å²) in [5.41, 5.74) is 0.898. The first-order chi connectivity index (χ1) is 11.6. The fourth-order valence-corrected chi connectivity index (χ4v) is 2.82. The Balaban J connectivity index is 1.55. The molecule has 0 atom stereocenters. The van der Waals surface area contributed by atoms with Gasteiger partial charge in [0.05, 0.1) is 5.56 Å². The molecule has 6 heteroatoms. The number of pyridine rings is 1. The van der Waals surface area contributed by atoms with E-state index in [0.29, 0.717) is 37.1 Å². The number of phenols is 1. The second-order valence-corrected chi connectivity index (χ2v) is 5.79. The first-order valence-electron chi connectivity index (χ1n) is 7.93. The highest BCUT2D eigenvalue weighted by atomic mass is 16.3.